The number of aromatic nitrogens is 4. The fourth-order valence-electron chi connectivity index (χ4n) is 3.02. The van der Waals surface area contributed by atoms with Crippen molar-refractivity contribution in [3.05, 3.63) is 45.4 Å². The summed E-state index contributed by atoms with van der Waals surface area (Å²) in [5, 5.41) is 6.91. The van der Waals surface area contributed by atoms with Gasteiger partial charge in [-0.15, -0.1) is 0 Å². The summed E-state index contributed by atoms with van der Waals surface area (Å²) in [5.41, 5.74) is 2.77. The van der Waals surface area contributed by atoms with Crippen molar-refractivity contribution in [1.29, 1.82) is 0 Å². The molecule has 21 heavy (non-hydrogen) atoms. The van der Waals surface area contributed by atoms with E-state index in [0.717, 1.165) is 55.1 Å². The van der Waals surface area contributed by atoms with Crippen molar-refractivity contribution < 1.29 is 0 Å². The molecule has 0 saturated carbocycles. The summed E-state index contributed by atoms with van der Waals surface area (Å²) in [4.78, 5) is 21.9. The summed E-state index contributed by atoms with van der Waals surface area (Å²) in [6, 6.07) is 0. The van der Waals surface area contributed by atoms with E-state index < -0.39 is 0 Å². The second-order valence-electron chi connectivity index (χ2n) is 5.85. The quantitative estimate of drug-likeness (QED) is 0.896. The molecular formula is C15H21N5O. The Bertz CT molecular complexity index is 661. The monoisotopic (exact) mass is 287 g/mol. The van der Waals surface area contributed by atoms with E-state index >= 15 is 0 Å². The zero-order chi connectivity index (χ0) is 14.8. The van der Waals surface area contributed by atoms with Crippen LogP contribution in [0.15, 0.2) is 17.3 Å². The van der Waals surface area contributed by atoms with Gasteiger partial charge in [-0.3, -0.25) is 14.8 Å². The maximum atomic E-state index is 12.0. The van der Waals surface area contributed by atoms with Gasteiger partial charge in [0.05, 0.1) is 0 Å². The summed E-state index contributed by atoms with van der Waals surface area (Å²) >= 11 is 0. The van der Waals surface area contributed by atoms with Crippen molar-refractivity contribution in [2.24, 2.45) is 0 Å². The lowest BCUT2D eigenvalue weighted by Crippen LogP contribution is -2.35. The first-order valence-electron chi connectivity index (χ1n) is 7.40. The minimum Gasteiger partial charge on any atom is -0.363 e. The Morgan fingerprint density at radius 1 is 1.43 bits per heavy atom. The predicted octanol–water partition coefficient (Wildman–Crippen LogP) is 1.49. The van der Waals surface area contributed by atoms with Crippen LogP contribution in [0, 0.1) is 13.8 Å². The molecule has 0 aliphatic carbocycles. The van der Waals surface area contributed by atoms with Crippen molar-refractivity contribution in [3.8, 4) is 0 Å². The normalized spacial score (nSPS) is 19.8. The van der Waals surface area contributed by atoms with Gasteiger partial charge < -0.3 is 4.98 Å². The van der Waals surface area contributed by atoms with E-state index in [1.54, 1.807) is 6.33 Å². The number of hydrogen-bond acceptors (Lipinski definition) is 4. The Hall–Kier alpha value is -1.95. The van der Waals surface area contributed by atoms with E-state index in [0.29, 0.717) is 5.92 Å². The van der Waals surface area contributed by atoms with Gasteiger partial charge in [-0.05, 0) is 33.2 Å². The van der Waals surface area contributed by atoms with Gasteiger partial charge >= 0.3 is 0 Å². The summed E-state index contributed by atoms with van der Waals surface area (Å²) in [5.74, 6) is 1.37. The average molecular weight is 287 g/mol. The molecule has 1 atom stereocenters. The molecule has 2 aromatic rings. The molecule has 0 unspecified atom stereocenters. The van der Waals surface area contributed by atoms with Gasteiger partial charge in [-0.1, -0.05) is 0 Å². The molecule has 0 aromatic carbocycles. The highest BCUT2D eigenvalue weighted by Crippen LogP contribution is 2.24. The van der Waals surface area contributed by atoms with Crippen LogP contribution < -0.4 is 5.43 Å². The van der Waals surface area contributed by atoms with E-state index in [1.165, 1.54) is 0 Å². The molecule has 3 rings (SSSR count). The summed E-state index contributed by atoms with van der Waals surface area (Å²) in [6.45, 7) is 6.53. The van der Waals surface area contributed by atoms with Gasteiger partial charge in [-0.25, -0.2) is 4.98 Å². The number of piperidine rings is 1. The van der Waals surface area contributed by atoms with Crippen molar-refractivity contribution in [3.63, 3.8) is 0 Å². The molecule has 0 radical (unpaired) electrons. The Kier molecular flexibility index (Phi) is 3.88. The molecule has 1 saturated heterocycles. The molecule has 6 nitrogen and oxygen atoms in total. The van der Waals surface area contributed by atoms with E-state index in [4.69, 9.17) is 0 Å². The Balaban J connectivity index is 1.73. The van der Waals surface area contributed by atoms with Gasteiger partial charge in [0.25, 0.3) is 0 Å². The number of rotatable bonds is 3. The Labute approximate surface area is 123 Å². The molecule has 6 heteroatoms. The first-order valence-corrected chi connectivity index (χ1v) is 7.40. The number of aryl methyl sites for hydroxylation is 1. The van der Waals surface area contributed by atoms with E-state index in [2.05, 4.69) is 25.1 Å². The number of likely N-dealkylation sites (tertiary alicyclic amines) is 1. The van der Waals surface area contributed by atoms with E-state index in [9.17, 15) is 4.79 Å². The van der Waals surface area contributed by atoms with Crippen molar-refractivity contribution in [1.82, 2.24) is 25.1 Å². The average Bonchev–Trinajstić information content (AvgIpc) is 3.03. The van der Waals surface area contributed by atoms with Crippen LogP contribution in [0.4, 0.5) is 0 Å². The third-order valence-corrected chi connectivity index (χ3v) is 4.32. The topological polar surface area (TPSA) is 77.7 Å². The van der Waals surface area contributed by atoms with Gasteiger partial charge in [-0.2, -0.15) is 5.10 Å². The molecule has 0 spiro atoms. The summed E-state index contributed by atoms with van der Waals surface area (Å²) in [7, 11) is 0. The number of hydrogen-bond donors (Lipinski definition) is 2. The molecule has 2 N–H and O–H groups in total. The molecule has 0 amide bonds. The van der Waals surface area contributed by atoms with Crippen LogP contribution >= 0.6 is 0 Å². The number of pyridine rings is 1. The van der Waals surface area contributed by atoms with Crippen LogP contribution in [-0.2, 0) is 6.54 Å². The fraction of sp³-hybridized carbons (Fsp3) is 0.533. The number of nitrogens with one attached hydrogen (secondary N) is 2. The fourth-order valence-corrected chi connectivity index (χ4v) is 3.02. The first kappa shape index (κ1) is 14.0. The SMILES string of the molecule is Cc1c[nH]c(CN2CCC[C@@H](c3ncn[nH]3)C2)c(C)c1=O. The van der Waals surface area contributed by atoms with Crippen LogP contribution in [0.2, 0.25) is 0 Å². The zero-order valence-corrected chi connectivity index (χ0v) is 12.5. The maximum absolute atomic E-state index is 12.0. The van der Waals surface area contributed by atoms with Crippen LogP contribution in [0.5, 0.6) is 0 Å². The standard InChI is InChI=1S/C15H21N5O/c1-10-6-16-13(11(2)14(10)21)8-20-5-3-4-12(7-20)15-17-9-18-19-15/h6,9,12H,3-5,7-8H2,1-2H3,(H,16,21)(H,17,18,19)/t12-/m1/s1. The number of nitrogens with zero attached hydrogens (tertiary/aromatic N) is 3. The third-order valence-electron chi connectivity index (χ3n) is 4.32. The molecule has 2 aromatic heterocycles. The second kappa shape index (κ2) is 5.81. The lowest BCUT2D eigenvalue weighted by molar-refractivity contribution is 0.194. The molecular weight excluding hydrogens is 266 g/mol. The zero-order valence-electron chi connectivity index (χ0n) is 12.5. The molecule has 1 aliphatic rings. The summed E-state index contributed by atoms with van der Waals surface area (Å²) < 4.78 is 0. The minimum absolute atomic E-state index is 0.146. The molecule has 0 bridgehead atoms. The highest BCUT2D eigenvalue weighted by atomic mass is 16.1. The van der Waals surface area contributed by atoms with Crippen LogP contribution in [0.3, 0.4) is 0 Å². The smallest absolute Gasteiger partial charge is 0.187 e. The summed E-state index contributed by atoms with van der Waals surface area (Å²) in [6.07, 6.45) is 5.65. The van der Waals surface area contributed by atoms with Crippen LogP contribution in [0.1, 0.15) is 41.4 Å². The number of aromatic amines is 2. The van der Waals surface area contributed by atoms with E-state index in [-0.39, 0.29) is 5.43 Å². The second-order valence-corrected chi connectivity index (χ2v) is 5.85. The molecule has 1 fully saturated rings. The van der Waals surface area contributed by atoms with Crippen LogP contribution in [0.25, 0.3) is 0 Å². The molecule has 112 valence electrons. The maximum Gasteiger partial charge on any atom is 0.187 e. The van der Waals surface area contributed by atoms with Crippen molar-refractivity contribution >= 4 is 0 Å². The van der Waals surface area contributed by atoms with Gasteiger partial charge in [0.1, 0.15) is 12.2 Å². The first-order chi connectivity index (χ1) is 10.1. The number of H-pyrrole nitrogens is 2. The van der Waals surface area contributed by atoms with Gasteiger partial charge in [0, 0.05) is 42.0 Å². The van der Waals surface area contributed by atoms with Crippen molar-refractivity contribution in [2.75, 3.05) is 13.1 Å². The molecule has 1 aliphatic heterocycles. The predicted molar refractivity (Wildman–Crippen MR) is 80.2 cm³/mol. The lowest BCUT2D eigenvalue weighted by atomic mass is 9.97. The van der Waals surface area contributed by atoms with Crippen LogP contribution in [-0.4, -0.2) is 38.2 Å². The van der Waals surface area contributed by atoms with Gasteiger partial charge in [0.15, 0.2) is 5.43 Å². The Morgan fingerprint density at radius 2 is 2.29 bits per heavy atom. The minimum atomic E-state index is 0.146. The highest BCUT2D eigenvalue weighted by Gasteiger charge is 2.24. The van der Waals surface area contributed by atoms with Crippen molar-refractivity contribution in [2.45, 2.75) is 39.2 Å². The lowest BCUT2D eigenvalue weighted by Gasteiger charge is -2.31. The largest absolute Gasteiger partial charge is 0.363 e. The van der Waals surface area contributed by atoms with Gasteiger partial charge in [0.2, 0.25) is 0 Å². The highest BCUT2D eigenvalue weighted by molar-refractivity contribution is 5.23. The third kappa shape index (κ3) is 2.90. The molecule has 3 heterocycles. The Morgan fingerprint density at radius 3 is 3.05 bits per heavy atom. The van der Waals surface area contributed by atoms with E-state index in [1.807, 2.05) is 20.0 Å².